The van der Waals surface area contributed by atoms with Crippen LogP contribution in [-0.2, 0) is 14.8 Å². The minimum absolute atomic E-state index is 0.0938. The fourth-order valence-corrected chi connectivity index (χ4v) is 6.85. The molecule has 4 rings (SSSR count). The number of fused-ring (bicyclic) bond motifs is 1. The van der Waals surface area contributed by atoms with Gasteiger partial charge in [-0.05, 0) is 49.3 Å². The summed E-state index contributed by atoms with van der Waals surface area (Å²) in [5.41, 5.74) is 0.802. The number of amides is 1. The fourth-order valence-electron chi connectivity index (χ4n) is 5.14. The van der Waals surface area contributed by atoms with E-state index in [-0.39, 0.29) is 17.9 Å². The van der Waals surface area contributed by atoms with Gasteiger partial charge in [-0.15, -0.1) is 0 Å². The summed E-state index contributed by atoms with van der Waals surface area (Å²) < 4.78 is 34.0. The van der Waals surface area contributed by atoms with Crippen molar-refractivity contribution in [2.24, 2.45) is 11.8 Å². The summed E-state index contributed by atoms with van der Waals surface area (Å²) in [6, 6.07) is 5.27. The van der Waals surface area contributed by atoms with E-state index < -0.39 is 16.1 Å². The average molecular weight is 421 g/mol. The molecule has 1 aromatic rings. The Morgan fingerprint density at radius 1 is 1.10 bits per heavy atom. The van der Waals surface area contributed by atoms with Crippen LogP contribution in [-0.4, -0.2) is 43.9 Å². The third-order valence-corrected chi connectivity index (χ3v) is 8.44. The minimum atomic E-state index is -3.55. The van der Waals surface area contributed by atoms with E-state index in [9.17, 15) is 13.2 Å². The molecule has 1 saturated carbocycles. The van der Waals surface area contributed by atoms with Crippen molar-refractivity contribution < 1.29 is 17.9 Å². The van der Waals surface area contributed by atoms with Crippen LogP contribution in [0.15, 0.2) is 23.1 Å². The summed E-state index contributed by atoms with van der Waals surface area (Å²) in [7, 11) is -3.55. The fraction of sp³-hybridized carbons (Fsp3) is 0.682. The van der Waals surface area contributed by atoms with E-state index in [1.165, 1.54) is 0 Å². The number of piperidine rings is 1. The second-order valence-electron chi connectivity index (χ2n) is 9.28. The lowest BCUT2D eigenvalue weighted by molar-refractivity contribution is -0.128. The summed E-state index contributed by atoms with van der Waals surface area (Å²) in [5, 5.41) is 3.10. The monoisotopic (exact) mass is 420 g/mol. The van der Waals surface area contributed by atoms with Gasteiger partial charge in [0.05, 0.1) is 4.90 Å². The Hall–Kier alpha value is -1.60. The van der Waals surface area contributed by atoms with Gasteiger partial charge in [0.15, 0.2) is 6.10 Å². The summed E-state index contributed by atoms with van der Waals surface area (Å²) in [5.74, 6) is 1.05. The third kappa shape index (κ3) is 4.04. The van der Waals surface area contributed by atoms with Crippen molar-refractivity contribution >= 4 is 15.9 Å². The second kappa shape index (κ2) is 7.91. The van der Waals surface area contributed by atoms with E-state index in [0.717, 1.165) is 37.7 Å². The molecule has 7 heteroatoms. The zero-order chi connectivity index (χ0) is 20.8. The van der Waals surface area contributed by atoms with Gasteiger partial charge in [-0.1, -0.05) is 33.6 Å². The molecule has 2 heterocycles. The standard InChI is InChI=1S/C22H32N2O4S/c1-14-10-15(2)13-24(12-14)29(26,27)18-8-9-20-19(11-18)16(3)21(28-20)22(25)23-17-6-4-5-7-17/h8-9,11,14-17,21H,4-7,10,12-13H2,1-3H3,(H,23,25). The molecule has 0 aromatic heterocycles. The van der Waals surface area contributed by atoms with Crippen molar-refractivity contribution in [2.45, 2.75) is 75.8 Å². The molecule has 0 radical (unpaired) electrons. The smallest absolute Gasteiger partial charge is 0.261 e. The number of nitrogens with zero attached hydrogens (tertiary/aromatic N) is 1. The van der Waals surface area contributed by atoms with Crippen LogP contribution in [0.2, 0.25) is 0 Å². The Labute approximate surface area is 174 Å². The first-order valence-corrected chi connectivity index (χ1v) is 12.3. The van der Waals surface area contributed by atoms with E-state index in [0.29, 0.717) is 35.6 Å². The van der Waals surface area contributed by atoms with E-state index in [4.69, 9.17) is 4.74 Å². The van der Waals surface area contributed by atoms with Crippen LogP contribution in [0.4, 0.5) is 0 Å². The Morgan fingerprint density at radius 3 is 2.41 bits per heavy atom. The van der Waals surface area contributed by atoms with Crippen LogP contribution in [0.1, 0.15) is 64.4 Å². The van der Waals surface area contributed by atoms with Gasteiger partial charge in [0.1, 0.15) is 5.75 Å². The van der Waals surface area contributed by atoms with Crippen LogP contribution in [0.25, 0.3) is 0 Å². The van der Waals surface area contributed by atoms with Gasteiger partial charge >= 0.3 is 0 Å². The van der Waals surface area contributed by atoms with Crippen LogP contribution >= 0.6 is 0 Å². The number of hydrogen-bond acceptors (Lipinski definition) is 4. The van der Waals surface area contributed by atoms with Gasteiger partial charge in [-0.2, -0.15) is 4.31 Å². The highest BCUT2D eigenvalue weighted by Gasteiger charge is 2.39. The SMILES string of the molecule is CC1CC(C)CN(S(=O)(=O)c2ccc3c(c2)C(C)C(C(=O)NC2CCCC2)O3)C1. The normalized spacial score (nSPS) is 30.7. The molecule has 0 spiro atoms. The lowest BCUT2D eigenvalue weighted by atomic mass is 9.94. The molecule has 3 aliphatic rings. The second-order valence-corrected chi connectivity index (χ2v) is 11.2. The highest BCUT2D eigenvalue weighted by Crippen LogP contribution is 2.40. The Kier molecular flexibility index (Phi) is 5.64. The van der Waals surface area contributed by atoms with E-state index in [1.807, 2.05) is 6.92 Å². The summed E-state index contributed by atoms with van der Waals surface area (Å²) >= 11 is 0. The molecule has 1 N–H and O–H groups in total. The molecule has 1 amide bonds. The van der Waals surface area contributed by atoms with Gasteiger partial charge in [0.25, 0.3) is 5.91 Å². The van der Waals surface area contributed by atoms with Crippen molar-refractivity contribution in [2.75, 3.05) is 13.1 Å². The van der Waals surface area contributed by atoms with E-state index >= 15 is 0 Å². The average Bonchev–Trinajstić information content (AvgIpc) is 3.28. The summed E-state index contributed by atoms with van der Waals surface area (Å²) in [6.45, 7) is 7.26. The molecule has 29 heavy (non-hydrogen) atoms. The van der Waals surface area contributed by atoms with Gasteiger partial charge in [0, 0.05) is 30.6 Å². The number of rotatable bonds is 4. The number of hydrogen-bond donors (Lipinski definition) is 1. The quantitative estimate of drug-likeness (QED) is 0.811. The van der Waals surface area contributed by atoms with Crippen LogP contribution in [0.3, 0.4) is 0 Å². The molecule has 1 saturated heterocycles. The lowest BCUT2D eigenvalue weighted by Crippen LogP contribution is -2.43. The molecule has 4 unspecified atom stereocenters. The molecule has 6 nitrogen and oxygen atoms in total. The van der Waals surface area contributed by atoms with E-state index in [2.05, 4.69) is 19.2 Å². The van der Waals surface area contributed by atoms with Gasteiger partial charge in [-0.3, -0.25) is 4.79 Å². The van der Waals surface area contributed by atoms with Crippen molar-refractivity contribution in [3.63, 3.8) is 0 Å². The molecule has 1 aromatic carbocycles. The van der Waals surface area contributed by atoms with Crippen LogP contribution < -0.4 is 10.1 Å². The number of carbonyl (C=O) groups is 1. The predicted molar refractivity (Wildman–Crippen MR) is 111 cm³/mol. The molecular weight excluding hydrogens is 388 g/mol. The minimum Gasteiger partial charge on any atom is -0.480 e. The number of sulfonamides is 1. The summed E-state index contributed by atoms with van der Waals surface area (Å²) in [4.78, 5) is 13.0. The van der Waals surface area contributed by atoms with E-state index in [1.54, 1.807) is 22.5 Å². The first kappa shape index (κ1) is 20.7. The molecule has 0 bridgehead atoms. The van der Waals surface area contributed by atoms with Gasteiger partial charge < -0.3 is 10.1 Å². The Morgan fingerprint density at radius 2 is 1.76 bits per heavy atom. The molecule has 2 fully saturated rings. The maximum absolute atomic E-state index is 13.2. The topological polar surface area (TPSA) is 75.7 Å². The summed E-state index contributed by atoms with van der Waals surface area (Å²) in [6.07, 6.45) is 4.81. The maximum Gasteiger partial charge on any atom is 0.261 e. The van der Waals surface area contributed by atoms with Crippen molar-refractivity contribution in [3.05, 3.63) is 23.8 Å². The first-order chi connectivity index (χ1) is 13.8. The number of nitrogens with one attached hydrogen (secondary N) is 1. The van der Waals surface area contributed by atoms with Crippen molar-refractivity contribution in [1.82, 2.24) is 9.62 Å². The first-order valence-electron chi connectivity index (χ1n) is 10.9. The third-order valence-electron chi connectivity index (χ3n) is 6.61. The zero-order valence-electron chi connectivity index (χ0n) is 17.6. The molecule has 1 aliphatic carbocycles. The van der Waals surface area contributed by atoms with Crippen LogP contribution in [0, 0.1) is 11.8 Å². The molecule has 160 valence electrons. The highest BCUT2D eigenvalue weighted by molar-refractivity contribution is 7.89. The lowest BCUT2D eigenvalue weighted by Gasteiger charge is -2.34. The molecule has 4 atom stereocenters. The number of carbonyl (C=O) groups excluding carboxylic acids is 1. The largest absolute Gasteiger partial charge is 0.480 e. The molecular formula is C22H32N2O4S. The predicted octanol–water partition coefficient (Wildman–Crippen LogP) is 3.28. The number of ether oxygens (including phenoxy) is 1. The van der Waals surface area contributed by atoms with Gasteiger partial charge in [-0.25, -0.2) is 8.42 Å². The highest BCUT2D eigenvalue weighted by atomic mass is 32.2. The Balaban J connectivity index is 1.53. The Bertz CT molecular complexity index is 869. The van der Waals surface area contributed by atoms with Crippen molar-refractivity contribution in [3.8, 4) is 5.75 Å². The van der Waals surface area contributed by atoms with Crippen molar-refractivity contribution in [1.29, 1.82) is 0 Å². The maximum atomic E-state index is 13.2. The molecule has 2 aliphatic heterocycles. The van der Waals surface area contributed by atoms with Gasteiger partial charge in [0.2, 0.25) is 10.0 Å². The van der Waals surface area contributed by atoms with Crippen LogP contribution in [0.5, 0.6) is 5.75 Å². The number of benzene rings is 1. The zero-order valence-corrected chi connectivity index (χ0v) is 18.4.